The summed E-state index contributed by atoms with van der Waals surface area (Å²) < 4.78 is 5.18. The molecule has 1 aromatic carbocycles. The first-order valence-corrected chi connectivity index (χ1v) is 6.16. The molecule has 4 nitrogen and oxygen atoms in total. The van der Waals surface area contributed by atoms with E-state index in [1.165, 1.54) is 0 Å². The van der Waals surface area contributed by atoms with Crippen molar-refractivity contribution in [1.29, 1.82) is 0 Å². The van der Waals surface area contributed by atoms with Gasteiger partial charge in [-0.25, -0.2) is 4.79 Å². The van der Waals surface area contributed by atoms with E-state index in [2.05, 4.69) is 5.32 Å². The van der Waals surface area contributed by atoms with E-state index in [-0.39, 0.29) is 6.10 Å². The zero-order chi connectivity index (χ0) is 13.3. The van der Waals surface area contributed by atoms with Crippen molar-refractivity contribution in [2.45, 2.75) is 45.3 Å². The molecule has 0 bridgehead atoms. The number of hydrogen-bond donors (Lipinski definition) is 2. The Hall–Kier alpha value is -1.55. The molecule has 0 fully saturated rings. The van der Waals surface area contributed by atoms with Crippen LogP contribution in [-0.2, 0) is 11.2 Å². The maximum Gasteiger partial charge on any atom is 0.412 e. The van der Waals surface area contributed by atoms with E-state index in [1.54, 1.807) is 6.07 Å². The Labute approximate surface area is 107 Å². The predicted molar refractivity (Wildman–Crippen MR) is 69.6 cm³/mol. The molecule has 0 saturated carbocycles. The number of carbonyl (C=O) groups is 1. The van der Waals surface area contributed by atoms with Crippen LogP contribution in [-0.4, -0.2) is 16.8 Å². The van der Waals surface area contributed by atoms with Crippen molar-refractivity contribution in [2.24, 2.45) is 0 Å². The minimum absolute atomic E-state index is 0.365. The molecule has 98 valence electrons. The number of anilines is 1. The molecule has 1 unspecified atom stereocenters. The van der Waals surface area contributed by atoms with Gasteiger partial charge in [-0.15, -0.1) is 0 Å². The lowest BCUT2D eigenvalue weighted by Gasteiger charge is -2.19. The molecule has 4 heteroatoms. The van der Waals surface area contributed by atoms with E-state index in [0.29, 0.717) is 5.69 Å². The van der Waals surface area contributed by atoms with Gasteiger partial charge in [0.15, 0.2) is 0 Å². The molecule has 0 aromatic heterocycles. The van der Waals surface area contributed by atoms with Crippen molar-refractivity contribution in [2.75, 3.05) is 5.32 Å². The van der Waals surface area contributed by atoms with E-state index >= 15 is 0 Å². The Morgan fingerprint density at radius 1 is 1.44 bits per heavy atom. The van der Waals surface area contributed by atoms with E-state index in [0.717, 1.165) is 24.0 Å². The maximum atomic E-state index is 11.6. The molecule has 0 aliphatic heterocycles. The summed E-state index contributed by atoms with van der Waals surface area (Å²) in [5, 5.41) is 12.4. The minimum Gasteiger partial charge on any atom is -0.444 e. The van der Waals surface area contributed by atoms with Gasteiger partial charge in [0.1, 0.15) is 5.60 Å². The van der Waals surface area contributed by atoms with Crippen molar-refractivity contribution in [3.05, 3.63) is 29.3 Å². The van der Waals surface area contributed by atoms with Gasteiger partial charge in [-0.1, -0.05) is 6.07 Å². The lowest BCUT2D eigenvalue weighted by atomic mass is 10.1. The number of carbonyl (C=O) groups excluding carboxylic acids is 1. The quantitative estimate of drug-likeness (QED) is 0.804. The second-order valence-electron chi connectivity index (χ2n) is 5.59. The fraction of sp³-hybridized carbons (Fsp3) is 0.500. The second kappa shape index (κ2) is 4.61. The number of fused-ring (bicyclic) bond motifs is 1. The van der Waals surface area contributed by atoms with Gasteiger partial charge in [0, 0.05) is 5.69 Å². The maximum absolute atomic E-state index is 11.6. The van der Waals surface area contributed by atoms with Crippen molar-refractivity contribution >= 4 is 11.8 Å². The SMILES string of the molecule is CC(C)(C)OC(=O)Nc1ccc2c(c1)CCC2O. The summed E-state index contributed by atoms with van der Waals surface area (Å²) in [5.74, 6) is 0. The number of rotatable bonds is 1. The fourth-order valence-electron chi connectivity index (χ4n) is 2.09. The van der Waals surface area contributed by atoms with E-state index in [9.17, 15) is 9.90 Å². The molecule has 1 aliphatic rings. The largest absolute Gasteiger partial charge is 0.444 e. The lowest BCUT2D eigenvalue weighted by Crippen LogP contribution is -2.27. The van der Waals surface area contributed by atoms with Gasteiger partial charge in [0.05, 0.1) is 6.10 Å². The standard InChI is InChI=1S/C14H19NO3/c1-14(2,3)18-13(17)15-10-5-6-11-9(8-10)4-7-12(11)16/h5-6,8,12,16H,4,7H2,1-3H3,(H,15,17). The summed E-state index contributed by atoms with van der Waals surface area (Å²) in [4.78, 5) is 11.6. The number of hydrogen-bond acceptors (Lipinski definition) is 3. The highest BCUT2D eigenvalue weighted by molar-refractivity contribution is 5.85. The Morgan fingerprint density at radius 2 is 2.17 bits per heavy atom. The van der Waals surface area contributed by atoms with Crippen LogP contribution in [0.5, 0.6) is 0 Å². The molecule has 0 heterocycles. The zero-order valence-corrected chi connectivity index (χ0v) is 11.0. The molecule has 1 amide bonds. The molecule has 1 aliphatic carbocycles. The molecule has 1 aromatic rings. The first-order valence-electron chi connectivity index (χ1n) is 6.16. The first kappa shape index (κ1) is 12.9. The third-order valence-electron chi connectivity index (χ3n) is 2.83. The van der Waals surface area contributed by atoms with E-state index in [1.807, 2.05) is 32.9 Å². The number of aliphatic hydroxyl groups is 1. The zero-order valence-electron chi connectivity index (χ0n) is 11.0. The van der Waals surface area contributed by atoms with Crippen molar-refractivity contribution in [3.8, 4) is 0 Å². The number of aliphatic hydroxyl groups excluding tert-OH is 1. The van der Waals surface area contributed by atoms with Crippen LogP contribution < -0.4 is 5.32 Å². The van der Waals surface area contributed by atoms with Gasteiger partial charge in [0.2, 0.25) is 0 Å². The molecular formula is C14H19NO3. The van der Waals surface area contributed by atoms with Crippen LogP contribution in [0.3, 0.4) is 0 Å². The Balaban J connectivity index is 2.05. The average molecular weight is 249 g/mol. The molecule has 0 spiro atoms. The third kappa shape index (κ3) is 3.01. The fourth-order valence-corrected chi connectivity index (χ4v) is 2.09. The molecule has 0 radical (unpaired) electrons. The summed E-state index contributed by atoms with van der Waals surface area (Å²) in [6, 6.07) is 5.55. The van der Waals surface area contributed by atoms with Crippen LogP contribution in [0.25, 0.3) is 0 Å². The van der Waals surface area contributed by atoms with Crippen molar-refractivity contribution in [1.82, 2.24) is 0 Å². The Bertz CT molecular complexity index is 463. The molecule has 1 atom stereocenters. The van der Waals surface area contributed by atoms with Crippen LogP contribution in [0, 0.1) is 0 Å². The average Bonchev–Trinajstić information content (AvgIpc) is 2.57. The smallest absolute Gasteiger partial charge is 0.412 e. The second-order valence-corrected chi connectivity index (χ2v) is 5.59. The summed E-state index contributed by atoms with van der Waals surface area (Å²) in [7, 11) is 0. The highest BCUT2D eigenvalue weighted by Gasteiger charge is 2.21. The van der Waals surface area contributed by atoms with Gasteiger partial charge in [-0.2, -0.15) is 0 Å². The number of nitrogens with one attached hydrogen (secondary N) is 1. The topological polar surface area (TPSA) is 58.6 Å². The number of ether oxygens (including phenoxy) is 1. The van der Waals surface area contributed by atoms with Crippen LogP contribution in [0.15, 0.2) is 18.2 Å². The van der Waals surface area contributed by atoms with Gasteiger partial charge >= 0.3 is 6.09 Å². The Morgan fingerprint density at radius 3 is 2.83 bits per heavy atom. The number of aryl methyl sites for hydroxylation is 1. The monoisotopic (exact) mass is 249 g/mol. The minimum atomic E-state index is -0.503. The molecule has 18 heavy (non-hydrogen) atoms. The van der Waals surface area contributed by atoms with Gasteiger partial charge in [0.25, 0.3) is 0 Å². The third-order valence-corrected chi connectivity index (χ3v) is 2.83. The predicted octanol–water partition coefficient (Wildman–Crippen LogP) is 3.01. The van der Waals surface area contributed by atoms with E-state index in [4.69, 9.17) is 4.74 Å². The highest BCUT2D eigenvalue weighted by Crippen LogP contribution is 2.32. The molecule has 0 saturated heterocycles. The Kier molecular flexibility index (Phi) is 3.30. The molecule has 2 N–H and O–H groups in total. The summed E-state index contributed by atoms with van der Waals surface area (Å²) in [6.45, 7) is 5.48. The molecule has 2 rings (SSSR count). The van der Waals surface area contributed by atoms with Gasteiger partial charge < -0.3 is 9.84 Å². The number of benzene rings is 1. The normalized spacial score (nSPS) is 18.3. The first-order chi connectivity index (χ1) is 8.35. The summed E-state index contributed by atoms with van der Waals surface area (Å²) in [5.41, 5.74) is 2.26. The van der Waals surface area contributed by atoms with Gasteiger partial charge in [-0.3, -0.25) is 5.32 Å². The van der Waals surface area contributed by atoms with Crippen LogP contribution in [0.2, 0.25) is 0 Å². The number of amides is 1. The van der Waals surface area contributed by atoms with Crippen molar-refractivity contribution < 1.29 is 14.6 Å². The van der Waals surface area contributed by atoms with E-state index < -0.39 is 11.7 Å². The summed E-state index contributed by atoms with van der Waals surface area (Å²) in [6.07, 6.45) is 0.780. The van der Waals surface area contributed by atoms with Crippen LogP contribution >= 0.6 is 0 Å². The highest BCUT2D eigenvalue weighted by atomic mass is 16.6. The van der Waals surface area contributed by atoms with Crippen LogP contribution in [0.4, 0.5) is 10.5 Å². The summed E-state index contributed by atoms with van der Waals surface area (Å²) >= 11 is 0. The lowest BCUT2D eigenvalue weighted by molar-refractivity contribution is 0.0636. The van der Waals surface area contributed by atoms with Crippen molar-refractivity contribution in [3.63, 3.8) is 0 Å². The van der Waals surface area contributed by atoms with Gasteiger partial charge in [-0.05, 0) is 56.9 Å². The molecular weight excluding hydrogens is 230 g/mol. The van der Waals surface area contributed by atoms with Crippen LogP contribution in [0.1, 0.15) is 44.4 Å².